The number of nitrogens with zero attached hydrogens (tertiary/aromatic N) is 2. The van der Waals surface area contributed by atoms with Crippen molar-refractivity contribution >= 4 is 17.3 Å². The van der Waals surface area contributed by atoms with Crippen molar-refractivity contribution in [3.63, 3.8) is 0 Å². The summed E-state index contributed by atoms with van der Waals surface area (Å²) < 4.78 is 5.30. The molecule has 120 valence electrons. The van der Waals surface area contributed by atoms with Crippen LogP contribution in [0.5, 0.6) is 0 Å². The summed E-state index contributed by atoms with van der Waals surface area (Å²) in [7, 11) is 1.79. The first-order valence-corrected chi connectivity index (χ1v) is 8.50. The molecule has 1 aromatic heterocycles. The van der Waals surface area contributed by atoms with Gasteiger partial charge in [0.25, 0.3) is 0 Å². The third-order valence-electron chi connectivity index (χ3n) is 3.09. The van der Waals surface area contributed by atoms with Crippen molar-refractivity contribution in [3.8, 4) is 0 Å². The second-order valence-electron chi connectivity index (χ2n) is 4.69. The first-order chi connectivity index (χ1) is 10.2. The SMILES string of the molecule is CCOCCCNC(=NC)NCCc1nc(CC)c(C)s1. The Balaban J connectivity index is 2.22. The molecule has 0 aliphatic rings. The lowest BCUT2D eigenvalue weighted by atomic mass is 10.3. The Morgan fingerprint density at radius 1 is 1.29 bits per heavy atom. The molecule has 0 bridgehead atoms. The summed E-state index contributed by atoms with van der Waals surface area (Å²) in [5.74, 6) is 0.843. The van der Waals surface area contributed by atoms with Crippen LogP contribution in [0.4, 0.5) is 0 Å². The molecule has 0 saturated heterocycles. The minimum absolute atomic E-state index is 0.778. The van der Waals surface area contributed by atoms with Crippen LogP contribution in [0.3, 0.4) is 0 Å². The van der Waals surface area contributed by atoms with Gasteiger partial charge < -0.3 is 15.4 Å². The molecule has 2 N–H and O–H groups in total. The number of guanidine groups is 1. The van der Waals surface area contributed by atoms with Crippen LogP contribution in [-0.2, 0) is 17.6 Å². The number of aliphatic imine (C=N–C) groups is 1. The zero-order valence-corrected chi connectivity index (χ0v) is 14.5. The smallest absolute Gasteiger partial charge is 0.190 e. The molecule has 0 atom stereocenters. The summed E-state index contributed by atoms with van der Waals surface area (Å²) in [5.41, 5.74) is 1.23. The topological polar surface area (TPSA) is 58.5 Å². The zero-order chi connectivity index (χ0) is 15.5. The molecule has 21 heavy (non-hydrogen) atoms. The second-order valence-corrected chi connectivity index (χ2v) is 5.98. The molecular formula is C15H28N4OS. The summed E-state index contributed by atoms with van der Waals surface area (Å²) in [6.45, 7) is 9.60. The van der Waals surface area contributed by atoms with Gasteiger partial charge in [-0.25, -0.2) is 4.98 Å². The number of aromatic nitrogens is 1. The van der Waals surface area contributed by atoms with Crippen LogP contribution in [0.25, 0.3) is 0 Å². The van der Waals surface area contributed by atoms with Crippen LogP contribution in [0, 0.1) is 6.92 Å². The van der Waals surface area contributed by atoms with E-state index in [2.05, 4.69) is 34.5 Å². The molecule has 0 fully saturated rings. The largest absolute Gasteiger partial charge is 0.382 e. The fourth-order valence-electron chi connectivity index (χ4n) is 1.96. The van der Waals surface area contributed by atoms with E-state index in [1.165, 1.54) is 15.6 Å². The summed E-state index contributed by atoms with van der Waals surface area (Å²) >= 11 is 1.80. The first-order valence-electron chi connectivity index (χ1n) is 7.68. The van der Waals surface area contributed by atoms with E-state index >= 15 is 0 Å². The van der Waals surface area contributed by atoms with E-state index in [1.54, 1.807) is 18.4 Å². The van der Waals surface area contributed by atoms with Gasteiger partial charge in [-0.2, -0.15) is 0 Å². The highest BCUT2D eigenvalue weighted by atomic mass is 32.1. The van der Waals surface area contributed by atoms with Gasteiger partial charge in [-0.3, -0.25) is 4.99 Å². The van der Waals surface area contributed by atoms with Crippen LogP contribution in [0.1, 0.15) is 35.8 Å². The lowest BCUT2D eigenvalue weighted by Crippen LogP contribution is -2.39. The predicted molar refractivity (Wildman–Crippen MR) is 90.4 cm³/mol. The normalized spacial score (nSPS) is 11.7. The maximum absolute atomic E-state index is 5.30. The van der Waals surface area contributed by atoms with Crippen LogP contribution in [0.2, 0.25) is 0 Å². The number of ether oxygens (including phenoxy) is 1. The van der Waals surface area contributed by atoms with Gasteiger partial charge in [0.2, 0.25) is 0 Å². The molecule has 0 aromatic carbocycles. The Bertz CT molecular complexity index is 431. The molecule has 1 aromatic rings. The molecule has 0 saturated carbocycles. The molecule has 6 heteroatoms. The molecule has 1 heterocycles. The fourth-order valence-corrected chi connectivity index (χ4v) is 2.98. The molecule has 0 amide bonds. The number of hydrogen-bond donors (Lipinski definition) is 2. The van der Waals surface area contributed by atoms with Gasteiger partial charge in [0.05, 0.1) is 10.7 Å². The summed E-state index contributed by atoms with van der Waals surface area (Å²) in [4.78, 5) is 10.2. The number of rotatable bonds is 9. The Morgan fingerprint density at radius 3 is 2.67 bits per heavy atom. The van der Waals surface area contributed by atoms with Crippen molar-refractivity contribution in [3.05, 3.63) is 15.6 Å². The van der Waals surface area contributed by atoms with Crippen LogP contribution < -0.4 is 10.6 Å². The van der Waals surface area contributed by atoms with Gasteiger partial charge in [-0.05, 0) is 26.7 Å². The van der Waals surface area contributed by atoms with E-state index in [1.807, 2.05) is 6.92 Å². The molecule has 0 unspecified atom stereocenters. The lowest BCUT2D eigenvalue weighted by molar-refractivity contribution is 0.145. The third kappa shape index (κ3) is 6.91. The fraction of sp³-hybridized carbons (Fsp3) is 0.733. The number of aryl methyl sites for hydroxylation is 2. The quantitative estimate of drug-likeness (QED) is 0.417. The molecule has 1 rings (SSSR count). The van der Waals surface area contributed by atoms with Gasteiger partial charge in [-0.1, -0.05) is 6.92 Å². The molecule has 0 aliphatic heterocycles. The third-order valence-corrected chi connectivity index (χ3v) is 4.16. The molecule has 0 aliphatic carbocycles. The van der Waals surface area contributed by atoms with Crippen molar-refractivity contribution in [1.29, 1.82) is 0 Å². The van der Waals surface area contributed by atoms with Gasteiger partial charge in [0.1, 0.15) is 0 Å². The van der Waals surface area contributed by atoms with E-state index in [4.69, 9.17) is 4.74 Å². The lowest BCUT2D eigenvalue weighted by Gasteiger charge is -2.11. The molecular weight excluding hydrogens is 284 g/mol. The number of thiazole rings is 1. The van der Waals surface area contributed by atoms with E-state index in [-0.39, 0.29) is 0 Å². The molecule has 0 radical (unpaired) electrons. The van der Waals surface area contributed by atoms with Crippen molar-refractivity contribution in [2.45, 2.75) is 40.0 Å². The Hall–Kier alpha value is -1.14. The first kappa shape index (κ1) is 17.9. The highest BCUT2D eigenvalue weighted by molar-refractivity contribution is 7.11. The monoisotopic (exact) mass is 312 g/mol. The highest BCUT2D eigenvalue weighted by Crippen LogP contribution is 2.17. The van der Waals surface area contributed by atoms with Crippen LogP contribution in [-0.4, -0.2) is 44.3 Å². The standard InChI is InChI=1S/C15H28N4OS/c1-5-13-12(3)21-14(19-13)8-10-18-15(16-4)17-9-7-11-20-6-2/h5-11H2,1-4H3,(H2,16,17,18). The Kier molecular flexibility index (Phi) is 9.01. The Morgan fingerprint density at radius 2 is 2.05 bits per heavy atom. The molecule has 5 nitrogen and oxygen atoms in total. The summed E-state index contributed by atoms with van der Waals surface area (Å²) in [5, 5.41) is 7.80. The van der Waals surface area contributed by atoms with E-state index in [0.29, 0.717) is 0 Å². The number of nitrogens with one attached hydrogen (secondary N) is 2. The summed E-state index contributed by atoms with van der Waals surface area (Å²) in [6.07, 6.45) is 2.93. The minimum atomic E-state index is 0.778. The maximum Gasteiger partial charge on any atom is 0.190 e. The highest BCUT2D eigenvalue weighted by Gasteiger charge is 2.05. The second kappa shape index (κ2) is 10.6. The average Bonchev–Trinajstić information content (AvgIpc) is 2.85. The zero-order valence-electron chi connectivity index (χ0n) is 13.7. The van der Waals surface area contributed by atoms with Gasteiger partial charge in [0, 0.05) is 44.6 Å². The van der Waals surface area contributed by atoms with Crippen molar-refractivity contribution in [2.75, 3.05) is 33.4 Å². The van der Waals surface area contributed by atoms with Crippen LogP contribution in [0.15, 0.2) is 4.99 Å². The van der Waals surface area contributed by atoms with Crippen LogP contribution >= 0.6 is 11.3 Å². The molecule has 0 spiro atoms. The predicted octanol–water partition coefficient (Wildman–Crippen LogP) is 2.15. The van der Waals surface area contributed by atoms with Crippen molar-refractivity contribution in [1.82, 2.24) is 15.6 Å². The maximum atomic E-state index is 5.30. The average molecular weight is 312 g/mol. The van der Waals surface area contributed by atoms with E-state index in [0.717, 1.165) is 51.5 Å². The van der Waals surface area contributed by atoms with E-state index in [9.17, 15) is 0 Å². The van der Waals surface area contributed by atoms with Gasteiger partial charge in [0.15, 0.2) is 5.96 Å². The van der Waals surface area contributed by atoms with E-state index < -0.39 is 0 Å². The Labute approximate surface area is 132 Å². The van der Waals surface area contributed by atoms with Crippen molar-refractivity contribution < 1.29 is 4.74 Å². The van der Waals surface area contributed by atoms with Crippen molar-refractivity contribution in [2.24, 2.45) is 4.99 Å². The number of hydrogen-bond acceptors (Lipinski definition) is 4. The minimum Gasteiger partial charge on any atom is -0.382 e. The summed E-state index contributed by atoms with van der Waals surface area (Å²) in [6, 6.07) is 0. The van der Waals surface area contributed by atoms with Gasteiger partial charge >= 0.3 is 0 Å². The van der Waals surface area contributed by atoms with Gasteiger partial charge in [-0.15, -0.1) is 11.3 Å².